The molecule has 0 bridgehead atoms. The number of nitrogens with one attached hydrogen (secondary N) is 1. The number of aromatic amines is 1. The molecule has 1 N–H and O–H groups in total. The third-order valence-electron chi connectivity index (χ3n) is 7.53. The van der Waals surface area contributed by atoms with Crippen LogP contribution < -0.4 is 0 Å². The standard InChI is InChI=1S/C26H31F3N4O3/c1-25(2,3)36-24(35)32-9-8-21-19(14-32)22(31-30-21)23(34)33-12-16-10-15(11-17(16)13-33)18-6-4-5-7-20(18)26(27,28)29/h4-7,15-17H,8-14H2,1-3H3,(H,30,31)/t15-,16-,17+. The molecule has 2 aliphatic heterocycles. The number of hydrogen-bond donors (Lipinski definition) is 1. The lowest BCUT2D eigenvalue weighted by Crippen LogP contribution is -2.40. The molecule has 1 aliphatic carbocycles. The smallest absolute Gasteiger partial charge is 0.416 e. The van der Waals surface area contributed by atoms with Gasteiger partial charge >= 0.3 is 12.3 Å². The van der Waals surface area contributed by atoms with Gasteiger partial charge in [-0.05, 0) is 63.0 Å². The summed E-state index contributed by atoms with van der Waals surface area (Å²) in [5.74, 6) is -0.0303. The van der Waals surface area contributed by atoms with Gasteiger partial charge in [-0.25, -0.2) is 4.79 Å². The fourth-order valence-electron chi connectivity index (χ4n) is 5.93. The first-order chi connectivity index (χ1) is 16.9. The maximum Gasteiger partial charge on any atom is 0.416 e. The predicted molar refractivity (Wildman–Crippen MR) is 125 cm³/mol. The van der Waals surface area contributed by atoms with Crippen molar-refractivity contribution in [3.8, 4) is 0 Å². The maximum atomic E-state index is 13.5. The van der Waals surface area contributed by atoms with E-state index in [2.05, 4.69) is 10.2 Å². The number of ether oxygens (including phenoxy) is 1. The molecule has 0 radical (unpaired) electrons. The number of H-pyrrole nitrogens is 1. The van der Waals surface area contributed by atoms with Gasteiger partial charge in [0.05, 0.1) is 12.1 Å². The molecule has 3 atom stereocenters. The fourth-order valence-corrected chi connectivity index (χ4v) is 5.93. The van der Waals surface area contributed by atoms with Crippen molar-refractivity contribution in [1.29, 1.82) is 0 Å². The number of benzene rings is 1. The van der Waals surface area contributed by atoms with Gasteiger partial charge in [-0.2, -0.15) is 18.3 Å². The second-order valence-corrected chi connectivity index (χ2v) is 11.2. The van der Waals surface area contributed by atoms with Crippen molar-refractivity contribution >= 4 is 12.0 Å². The number of likely N-dealkylation sites (tertiary alicyclic amines) is 1. The molecule has 5 rings (SSSR count). The molecule has 2 fully saturated rings. The van der Waals surface area contributed by atoms with Gasteiger partial charge in [-0.3, -0.25) is 9.89 Å². The van der Waals surface area contributed by atoms with Crippen molar-refractivity contribution in [3.63, 3.8) is 0 Å². The maximum absolute atomic E-state index is 13.5. The van der Waals surface area contributed by atoms with Crippen molar-refractivity contribution in [2.75, 3.05) is 19.6 Å². The van der Waals surface area contributed by atoms with Gasteiger partial charge in [0, 0.05) is 37.3 Å². The van der Waals surface area contributed by atoms with E-state index in [0.29, 0.717) is 55.7 Å². The normalized spacial score (nSPS) is 24.0. The Morgan fingerprint density at radius 1 is 1.06 bits per heavy atom. The molecule has 2 aromatic rings. The van der Waals surface area contributed by atoms with Crippen LogP contribution in [0, 0.1) is 11.8 Å². The molecule has 194 valence electrons. The molecule has 0 spiro atoms. The van der Waals surface area contributed by atoms with Crippen LogP contribution in [-0.4, -0.2) is 57.2 Å². The zero-order valence-corrected chi connectivity index (χ0v) is 20.7. The highest BCUT2D eigenvalue weighted by Gasteiger charge is 2.46. The largest absolute Gasteiger partial charge is 0.444 e. The number of hydrogen-bond acceptors (Lipinski definition) is 4. The Morgan fingerprint density at radius 2 is 1.72 bits per heavy atom. The van der Waals surface area contributed by atoms with Crippen LogP contribution in [0.2, 0.25) is 0 Å². The summed E-state index contributed by atoms with van der Waals surface area (Å²) in [5, 5.41) is 7.24. The Bertz CT molecular complexity index is 1160. The zero-order valence-electron chi connectivity index (χ0n) is 20.7. The number of aromatic nitrogens is 2. The predicted octanol–water partition coefficient (Wildman–Crippen LogP) is 4.99. The van der Waals surface area contributed by atoms with Gasteiger partial charge in [0.2, 0.25) is 0 Å². The molecule has 1 saturated heterocycles. The van der Waals surface area contributed by atoms with Crippen molar-refractivity contribution < 1.29 is 27.5 Å². The molecule has 3 heterocycles. The summed E-state index contributed by atoms with van der Waals surface area (Å²) >= 11 is 0. The molecule has 10 heteroatoms. The van der Waals surface area contributed by atoms with Gasteiger partial charge in [-0.1, -0.05) is 18.2 Å². The molecule has 36 heavy (non-hydrogen) atoms. The van der Waals surface area contributed by atoms with Gasteiger partial charge in [0.25, 0.3) is 5.91 Å². The van der Waals surface area contributed by atoms with Gasteiger partial charge < -0.3 is 14.5 Å². The third-order valence-corrected chi connectivity index (χ3v) is 7.53. The molecule has 1 saturated carbocycles. The number of nitrogens with zero attached hydrogens (tertiary/aromatic N) is 3. The molecule has 1 aromatic heterocycles. The van der Waals surface area contributed by atoms with Crippen LogP contribution in [0.25, 0.3) is 0 Å². The lowest BCUT2D eigenvalue weighted by molar-refractivity contribution is -0.138. The highest BCUT2D eigenvalue weighted by atomic mass is 19.4. The van der Waals surface area contributed by atoms with Crippen LogP contribution in [0.15, 0.2) is 24.3 Å². The Labute approximate surface area is 208 Å². The molecule has 0 unspecified atom stereocenters. The highest BCUT2D eigenvalue weighted by molar-refractivity contribution is 5.94. The van der Waals surface area contributed by atoms with Crippen LogP contribution in [-0.2, 0) is 23.9 Å². The van der Waals surface area contributed by atoms with E-state index in [1.807, 2.05) is 20.8 Å². The Morgan fingerprint density at radius 3 is 2.36 bits per heavy atom. The van der Waals surface area contributed by atoms with Crippen molar-refractivity contribution in [1.82, 2.24) is 20.0 Å². The molecule has 3 aliphatic rings. The van der Waals surface area contributed by atoms with Crippen LogP contribution in [0.3, 0.4) is 0 Å². The Balaban J connectivity index is 1.26. The average molecular weight is 505 g/mol. The van der Waals surface area contributed by atoms with Crippen molar-refractivity contribution in [2.24, 2.45) is 11.8 Å². The van der Waals surface area contributed by atoms with E-state index in [-0.39, 0.29) is 30.2 Å². The topological polar surface area (TPSA) is 78.5 Å². The van der Waals surface area contributed by atoms with Crippen molar-refractivity contribution in [3.05, 3.63) is 52.3 Å². The number of halogens is 3. The third kappa shape index (κ3) is 4.69. The summed E-state index contributed by atoms with van der Waals surface area (Å²) < 4.78 is 46.0. The summed E-state index contributed by atoms with van der Waals surface area (Å²) in [4.78, 5) is 29.3. The Hall–Kier alpha value is -3.04. The van der Waals surface area contributed by atoms with Crippen LogP contribution in [0.5, 0.6) is 0 Å². The second-order valence-electron chi connectivity index (χ2n) is 11.2. The first-order valence-electron chi connectivity index (χ1n) is 12.4. The van der Waals surface area contributed by atoms with Gasteiger partial charge in [0.15, 0.2) is 5.69 Å². The lowest BCUT2D eigenvalue weighted by Gasteiger charge is -2.30. The van der Waals surface area contributed by atoms with E-state index in [4.69, 9.17) is 4.74 Å². The van der Waals surface area contributed by atoms with Crippen LogP contribution in [0.1, 0.15) is 72.4 Å². The average Bonchev–Trinajstić information content (AvgIpc) is 3.49. The zero-order chi connectivity index (χ0) is 25.8. The fraction of sp³-hybridized carbons (Fsp3) is 0.577. The van der Waals surface area contributed by atoms with Crippen molar-refractivity contribution in [2.45, 2.75) is 64.3 Å². The Kier molecular flexibility index (Phi) is 6.03. The van der Waals surface area contributed by atoms with E-state index < -0.39 is 23.4 Å². The molecular weight excluding hydrogens is 473 g/mol. The molecule has 2 amide bonds. The molecular formula is C26H31F3N4O3. The minimum Gasteiger partial charge on any atom is -0.444 e. The first kappa shape index (κ1) is 24.6. The first-order valence-corrected chi connectivity index (χ1v) is 12.4. The van der Waals surface area contributed by atoms with Crippen LogP contribution >= 0.6 is 0 Å². The van der Waals surface area contributed by atoms with E-state index in [0.717, 1.165) is 11.8 Å². The van der Waals surface area contributed by atoms with Gasteiger partial charge in [-0.15, -0.1) is 0 Å². The highest BCUT2D eigenvalue weighted by Crippen LogP contribution is 2.49. The van der Waals surface area contributed by atoms with E-state index in [1.165, 1.54) is 6.07 Å². The van der Waals surface area contributed by atoms with E-state index >= 15 is 0 Å². The quantitative estimate of drug-likeness (QED) is 0.625. The molecule has 7 nitrogen and oxygen atoms in total. The number of amides is 2. The summed E-state index contributed by atoms with van der Waals surface area (Å²) in [6.45, 7) is 7.17. The number of fused-ring (bicyclic) bond motifs is 2. The van der Waals surface area contributed by atoms with Gasteiger partial charge in [0.1, 0.15) is 5.60 Å². The number of rotatable bonds is 2. The lowest BCUT2D eigenvalue weighted by atomic mass is 9.91. The van der Waals surface area contributed by atoms with E-state index in [1.54, 1.807) is 21.9 Å². The summed E-state index contributed by atoms with van der Waals surface area (Å²) in [6, 6.07) is 5.83. The number of carbonyl (C=O) groups excluding carboxylic acids is 2. The summed E-state index contributed by atoms with van der Waals surface area (Å²) in [7, 11) is 0. The minimum absolute atomic E-state index is 0.157. The van der Waals surface area contributed by atoms with E-state index in [9.17, 15) is 22.8 Å². The number of carbonyl (C=O) groups is 2. The second kappa shape index (κ2) is 8.81. The SMILES string of the molecule is CC(C)(C)OC(=O)N1CCc2[nH]nc(C(=O)N3C[C@H]4C[C@@H](c5ccccc5C(F)(F)F)C[C@H]4C3)c2C1. The molecule has 1 aromatic carbocycles. The summed E-state index contributed by atoms with van der Waals surface area (Å²) in [6.07, 6.45) is -2.98. The minimum atomic E-state index is -4.37. The summed E-state index contributed by atoms with van der Waals surface area (Å²) in [5.41, 5.74) is 1.07. The number of alkyl halides is 3. The monoisotopic (exact) mass is 504 g/mol. The van der Waals surface area contributed by atoms with Crippen LogP contribution in [0.4, 0.5) is 18.0 Å².